The molecule has 8 heteroatoms. The van der Waals surface area contributed by atoms with Gasteiger partial charge >= 0.3 is 6.03 Å². The zero-order valence-electron chi connectivity index (χ0n) is 14.5. The van der Waals surface area contributed by atoms with Crippen molar-refractivity contribution in [2.45, 2.75) is 38.5 Å². The summed E-state index contributed by atoms with van der Waals surface area (Å²) in [5.41, 5.74) is 2.26. The number of likely N-dealkylation sites (tertiary alicyclic amines) is 1. The molecule has 1 saturated heterocycles. The molecule has 0 atom stereocenters. The van der Waals surface area contributed by atoms with E-state index in [1.165, 1.54) is 4.90 Å². The standard InChI is InChI=1S/C18H21ClF2N4O/c1-2-16-15(12-22-25(16)14-6-4-13(19)5-7-14)23-17(26)24-10-3-8-18(20,21)9-11-24/h4-7,12H,2-3,8-11H2,1H3,(H,23,26). The number of hydrogen-bond acceptors (Lipinski definition) is 2. The highest BCUT2D eigenvalue weighted by molar-refractivity contribution is 6.30. The summed E-state index contributed by atoms with van der Waals surface area (Å²) in [5.74, 6) is -2.69. The summed E-state index contributed by atoms with van der Waals surface area (Å²) in [6.45, 7) is 2.34. The Morgan fingerprint density at radius 1 is 1.27 bits per heavy atom. The van der Waals surface area contributed by atoms with Gasteiger partial charge in [-0.25, -0.2) is 18.3 Å². The number of carbonyl (C=O) groups is 1. The normalized spacial score (nSPS) is 17.0. The Labute approximate surface area is 155 Å². The molecule has 0 spiro atoms. The maximum atomic E-state index is 13.5. The number of alkyl halides is 2. The number of rotatable bonds is 3. The van der Waals surface area contributed by atoms with Gasteiger partial charge in [-0.2, -0.15) is 5.10 Å². The highest BCUT2D eigenvalue weighted by Gasteiger charge is 2.33. The number of halogens is 3. The Hall–Kier alpha value is -2.15. The van der Waals surface area contributed by atoms with Crippen molar-refractivity contribution in [2.75, 3.05) is 18.4 Å². The van der Waals surface area contributed by atoms with E-state index >= 15 is 0 Å². The molecule has 0 saturated carbocycles. The molecule has 0 unspecified atom stereocenters. The molecule has 1 fully saturated rings. The molecule has 2 aromatic rings. The molecular formula is C18H21ClF2N4O. The van der Waals surface area contributed by atoms with Gasteiger partial charge < -0.3 is 10.2 Å². The smallest absolute Gasteiger partial charge is 0.321 e. The van der Waals surface area contributed by atoms with Crippen LogP contribution in [0.3, 0.4) is 0 Å². The van der Waals surface area contributed by atoms with Crippen molar-refractivity contribution < 1.29 is 13.6 Å². The van der Waals surface area contributed by atoms with Crippen LogP contribution in [-0.4, -0.2) is 39.7 Å². The van der Waals surface area contributed by atoms with Crippen molar-refractivity contribution in [1.29, 1.82) is 0 Å². The maximum Gasteiger partial charge on any atom is 0.321 e. The topological polar surface area (TPSA) is 50.2 Å². The Kier molecular flexibility index (Phi) is 5.46. The van der Waals surface area contributed by atoms with E-state index in [0.29, 0.717) is 30.1 Å². The first kappa shape index (κ1) is 18.6. The number of urea groups is 1. The van der Waals surface area contributed by atoms with Gasteiger partial charge in [0.1, 0.15) is 0 Å². The third-order valence-corrected chi connectivity index (χ3v) is 4.77. The third-order valence-electron chi connectivity index (χ3n) is 4.52. The molecular weight excluding hydrogens is 362 g/mol. The highest BCUT2D eigenvalue weighted by atomic mass is 35.5. The first-order valence-corrected chi connectivity index (χ1v) is 9.04. The zero-order valence-corrected chi connectivity index (χ0v) is 15.3. The second kappa shape index (κ2) is 7.61. The minimum Gasteiger partial charge on any atom is -0.324 e. The lowest BCUT2D eigenvalue weighted by atomic mass is 10.1. The van der Waals surface area contributed by atoms with Gasteiger partial charge in [0.25, 0.3) is 0 Å². The number of nitrogens with one attached hydrogen (secondary N) is 1. The van der Waals surface area contributed by atoms with Gasteiger partial charge in [0.2, 0.25) is 5.92 Å². The first-order valence-electron chi connectivity index (χ1n) is 8.66. The zero-order chi connectivity index (χ0) is 18.7. The van der Waals surface area contributed by atoms with E-state index in [2.05, 4.69) is 10.4 Å². The second-order valence-corrected chi connectivity index (χ2v) is 6.81. The molecule has 0 aliphatic carbocycles. The van der Waals surface area contributed by atoms with Crippen molar-refractivity contribution in [2.24, 2.45) is 0 Å². The van der Waals surface area contributed by atoms with E-state index in [0.717, 1.165) is 11.4 Å². The molecule has 26 heavy (non-hydrogen) atoms. The Bertz CT molecular complexity index is 776. The van der Waals surface area contributed by atoms with E-state index in [4.69, 9.17) is 11.6 Å². The van der Waals surface area contributed by atoms with Crippen molar-refractivity contribution in [1.82, 2.24) is 14.7 Å². The monoisotopic (exact) mass is 382 g/mol. The third kappa shape index (κ3) is 4.15. The molecule has 1 N–H and O–H groups in total. The van der Waals surface area contributed by atoms with Crippen LogP contribution in [0.5, 0.6) is 0 Å². The lowest BCUT2D eigenvalue weighted by Gasteiger charge is -2.21. The quantitative estimate of drug-likeness (QED) is 0.833. The number of hydrogen-bond donors (Lipinski definition) is 1. The summed E-state index contributed by atoms with van der Waals surface area (Å²) in [4.78, 5) is 13.9. The molecule has 140 valence electrons. The number of anilines is 1. The summed E-state index contributed by atoms with van der Waals surface area (Å²) >= 11 is 5.92. The predicted molar refractivity (Wildman–Crippen MR) is 97.3 cm³/mol. The molecule has 2 amide bonds. The lowest BCUT2D eigenvalue weighted by Crippen LogP contribution is -2.36. The summed E-state index contributed by atoms with van der Waals surface area (Å²) in [6.07, 6.45) is 2.05. The van der Waals surface area contributed by atoms with Crippen LogP contribution >= 0.6 is 11.6 Å². The van der Waals surface area contributed by atoms with Gasteiger partial charge in [-0.3, -0.25) is 0 Å². The minimum atomic E-state index is -2.69. The number of benzene rings is 1. The molecule has 2 heterocycles. The van der Waals surface area contributed by atoms with Crippen LogP contribution < -0.4 is 5.32 Å². The fourth-order valence-corrected chi connectivity index (χ4v) is 3.21. The molecule has 1 aromatic carbocycles. The van der Waals surface area contributed by atoms with E-state index in [9.17, 15) is 13.6 Å². The summed E-state index contributed by atoms with van der Waals surface area (Å²) < 4.78 is 28.7. The molecule has 3 rings (SSSR count). The number of amides is 2. The molecule has 5 nitrogen and oxygen atoms in total. The van der Waals surface area contributed by atoms with Crippen LogP contribution in [0.1, 0.15) is 31.9 Å². The van der Waals surface area contributed by atoms with E-state index < -0.39 is 5.92 Å². The van der Waals surface area contributed by atoms with Crippen molar-refractivity contribution >= 4 is 23.3 Å². The van der Waals surface area contributed by atoms with Crippen LogP contribution in [-0.2, 0) is 6.42 Å². The van der Waals surface area contributed by atoms with E-state index in [1.807, 2.05) is 19.1 Å². The number of nitrogens with zero attached hydrogens (tertiary/aromatic N) is 3. The van der Waals surface area contributed by atoms with Gasteiger partial charge in [0.05, 0.1) is 23.3 Å². The van der Waals surface area contributed by atoms with Crippen LogP contribution in [0.2, 0.25) is 5.02 Å². The van der Waals surface area contributed by atoms with Crippen molar-refractivity contribution in [3.8, 4) is 5.69 Å². The van der Waals surface area contributed by atoms with Crippen molar-refractivity contribution in [3.05, 3.63) is 41.2 Å². The largest absolute Gasteiger partial charge is 0.324 e. The Morgan fingerprint density at radius 2 is 2.00 bits per heavy atom. The maximum absolute atomic E-state index is 13.5. The summed E-state index contributed by atoms with van der Waals surface area (Å²) in [6, 6.07) is 6.86. The van der Waals surface area contributed by atoms with Gasteiger partial charge in [0.15, 0.2) is 0 Å². The minimum absolute atomic E-state index is 0.0472. The van der Waals surface area contributed by atoms with Gasteiger partial charge in [-0.15, -0.1) is 0 Å². The fourth-order valence-electron chi connectivity index (χ4n) is 3.08. The van der Waals surface area contributed by atoms with Gasteiger partial charge in [-0.1, -0.05) is 18.5 Å². The molecule has 0 bridgehead atoms. The fraction of sp³-hybridized carbons (Fsp3) is 0.444. The molecule has 1 aromatic heterocycles. The average Bonchev–Trinajstić information content (AvgIpc) is 2.91. The van der Waals surface area contributed by atoms with E-state index in [1.54, 1.807) is 23.0 Å². The van der Waals surface area contributed by atoms with Crippen LogP contribution in [0.25, 0.3) is 5.69 Å². The Balaban J connectivity index is 1.75. The van der Waals surface area contributed by atoms with Gasteiger partial charge in [0, 0.05) is 31.0 Å². The van der Waals surface area contributed by atoms with Crippen LogP contribution in [0.15, 0.2) is 30.5 Å². The average molecular weight is 383 g/mol. The lowest BCUT2D eigenvalue weighted by molar-refractivity contribution is -0.0121. The first-order chi connectivity index (χ1) is 12.4. The molecule has 1 aliphatic rings. The number of aromatic nitrogens is 2. The van der Waals surface area contributed by atoms with E-state index in [-0.39, 0.29) is 25.4 Å². The molecule has 0 radical (unpaired) electrons. The highest BCUT2D eigenvalue weighted by Crippen LogP contribution is 2.28. The van der Waals surface area contributed by atoms with Crippen molar-refractivity contribution in [3.63, 3.8) is 0 Å². The SMILES string of the molecule is CCc1c(NC(=O)N2CCCC(F)(F)CC2)cnn1-c1ccc(Cl)cc1. The predicted octanol–water partition coefficient (Wildman–Crippen LogP) is 4.74. The number of carbonyl (C=O) groups excluding carboxylic acids is 1. The van der Waals surface area contributed by atoms with Crippen LogP contribution in [0, 0.1) is 0 Å². The summed E-state index contributed by atoms with van der Waals surface area (Å²) in [5, 5.41) is 7.80. The van der Waals surface area contributed by atoms with Gasteiger partial charge in [-0.05, 0) is 37.1 Å². The molecule has 1 aliphatic heterocycles. The Morgan fingerprint density at radius 3 is 2.69 bits per heavy atom. The summed E-state index contributed by atoms with van der Waals surface area (Å²) in [7, 11) is 0. The van der Waals surface area contributed by atoms with Crippen LogP contribution in [0.4, 0.5) is 19.3 Å². The second-order valence-electron chi connectivity index (χ2n) is 6.37.